The zero-order valence-electron chi connectivity index (χ0n) is 15.8. The van der Waals surface area contributed by atoms with Gasteiger partial charge in [-0.2, -0.15) is 0 Å². The molecule has 0 bridgehead atoms. The van der Waals surface area contributed by atoms with Crippen LogP contribution in [0.4, 0.5) is 0 Å². The largest absolute Gasteiger partial charge is 0.309 e. The number of aryl methyl sites for hydroxylation is 2. The summed E-state index contributed by atoms with van der Waals surface area (Å²) in [4.78, 5) is 22.8. The zero-order valence-corrected chi connectivity index (χ0v) is 17.4. The molecule has 3 aromatic heterocycles. The molecule has 3 aromatic rings. The lowest BCUT2D eigenvalue weighted by Crippen LogP contribution is -2.15. The molecule has 6 nitrogen and oxygen atoms in total. The average molecular weight is 402 g/mol. The van der Waals surface area contributed by atoms with Crippen molar-refractivity contribution in [2.24, 2.45) is 5.92 Å². The third-order valence-electron chi connectivity index (χ3n) is 5.06. The van der Waals surface area contributed by atoms with Crippen LogP contribution < -0.4 is 5.56 Å². The molecule has 8 heteroatoms. The van der Waals surface area contributed by atoms with Gasteiger partial charge in [0, 0.05) is 11.4 Å². The van der Waals surface area contributed by atoms with Crippen molar-refractivity contribution in [2.75, 3.05) is 0 Å². The molecule has 1 N–H and O–H groups in total. The summed E-state index contributed by atoms with van der Waals surface area (Å²) in [6.07, 6.45) is 5.01. The first-order valence-electron chi connectivity index (χ1n) is 9.19. The van der Waals surface area contributed by atoms with Gasteiger partial charge >= 0.3 is 0 Å². The number of thiophene rings is 1. The lowest BCUT2D eigenvalue weighted by Gasteiger charge is -2.17. The number of aromatic nitrogens is 5. The maximum atomic E-state index is 12.8. The van der Waals surface area contributed by atoms with E-state index < -0.39 is 0 Å². The third-order valence-corrected chi connectivity index (χ3v) is 7.30. The van der Waals surface area contributed by atoms with Crippen LogP contribution >= 0.6 is 23.1 Å². The van der Waals surface area contributed by atoms with Gasteiger partial charge in [-0.3, -0.25) is 4.79 Å². The Morgan fingerprint density at radius 3 is 3.07 bits per heavy atom. The van der Waals surface area contributed by atoms with Crippen LogP contribution in [0.5, 0.6) is 0 Å². The van der Waals surface area contributed by atoms with Crippen LogP contribution in [0.3, 0.4) is 0 Å². The monoisotopic (exact) mass is 401 g/mol. The second kappa shape index (κ2) is 7.24. The molecule has 3 heterocycles. The van der Waals surface area contributed by atoms with E-state index in [-0.39, 0.29) is 10.8 Å². The molecular formula is C19H23N5OS2. The van der Waals surface area contributed by atoms with E-state index in [2.05, 4.69) is 28.7 Å². The molecule has 0 fully saturated rings. The predicted molar refractivity (Wildman–Crippen MR) is 111 cm³/mol. The first-order valence-corrected chi connectivity index (χ1v) is 10.9. The fourth-order valence-electron chi connectivity index (χ4n) is 3.56. The number of nitrogens with zero attached hydrogens (tertiary/aromatic N) is 4. The van der Waals surface area contributed by atoms with Crippen LogP contribution in [0.15, 0.2) is 22.6 Å². The second-order valence-corrected chi connectivity index (χ2v) is 9.56. The van der Waals surface area contributed by atoms with E-state index in [1.165, 1.54) is 10.4 Å². The average Bonchev–Trinajstić information content (AvgIpc) is 3.16. The number of rotatable bonds is 5. The van der Waals surface area contributed by atoms with Gasteiger partial charge in [0.1, 0.15) is 16.5 Å². The molecule has 0 saturated heterocycles. The number of aromatic amines is 1. The van der Waals surface area contributed by atoms with Crippen molar-refractivity contribution in [3.8, 4) is 0 Å². The summed E-state index contributed by atoms with van der Waals surface area (Å²) in [5, 5.41) is 9.98. The molecule has 0 saturated carbocycles. The van der Waals surface area contributed by atoms with Crippen molar-refractivity contribution in [2.45, 2.75) is 57.0 Å². The van der Waals surface area contributed by atoms with Crippen LogP contribution in [0, 0.1) is 12.8 Å². The molecule has 1 aliphatic rings. The van der Waals surface area contributed by atoms with Gasteiger partial charge in [-0.25, -0.2) is 4.98 Å². The van der Waals surface area contributed by atoms with Crippen molar-refractivity contribution >= 4 is 33.3 Å². The summed E-state index contributed by atoms with van der Waals surface area (Å²) in [7, 11) is 0. The topological polar surface area (TPSA) is 76.5 Å². The van der Waals surface area contributed by atoms with E-state index in [1.807, 2.05) is 24.5 Å². The van der Waals surface area contributed by atoms with E-state index >= 15 is 0 Å². The van der Waals surface area contributed by atoms with Gasteiger partial charge in [0.05, 0.1) is 10.6 Å². The number of nitrogens with one attached hydrogen (secondary N) is 1. The van der Waals surface area contributed by atoms with Crippen molar-refractivity contribution in [1.82, 2.24) is 24.7 Å². The van der Waals surface area contributed by atoms with Crippen molar-refractivity contribution < 1.29 is 0 Å². The molecule has 0 radical (unpaired) electrons. The van der Waals surface area contributed by atoms with Crippen molar-refractivity contribution in [1.29, 1.82) is 0 Å². The van der Waals surface area contributed by atoms with Crippen LogP contribution in [0.25, 0.3) is 10.2 Å². The molecule has 0 spiro atoms. The van der Waals surface area contributed by atoms with Crippen LogP contribution in [0.1, 0.15) is 47.6 Å². The van der Waals surface area contributed by atoms with Gasteiger partial charge < -0.3 is 9.55 Å². The summed E-state index contributed by atoms with van der Waals surface area (Å²) < 4.78 is 2.01. The van der Waals surface area contributed by atoms with Crippen LogP contribution in [-0.4, -0.2) is 24.7 Å². The van der Waals surface area contributed by atoms with Gasteiger partial charge in [0.15, 0.2) is 5.16 Å². The highest BCUT2D eigenvalue weighted by atomic mass is 32.2. The number of H-pyrrole nitrogens is 1. The van der Waals surface area contributed by atoms with Crippen LogP contribution in [0.2, 0.25) is 0 Å². The Hall–Kier alpha value is -1.93. The van der Waals surface area contributed by atoms with Crippen molar-refractivity contribution in [3.05, 3.63) is 45.1 Å². The Bertz CT molecular complexity index is 1060. The predicted octanol–water partition coefficient (Wildman–Crippen LogP) is 4.05. The Morgan fingerprint density at radius 2 is 2.30 bits per heavy atom. The molecule has 4 rings (SSSR count). The Balaban J connectivity index is 1.68. The number of fused-ring (bicyclic) bond motifs is 3. The molecule has 142 valence electrons. The number of allylic oxidation sites excluding steroid dienone is 1. The van der Waals surface area contributed by atoms with E-state index in [0.717, 1.165) is 40.5 Å². The van der Waals surface area contributed by atoms with Gasteiger partial charge in [0.2, 0.25) is 0 Å². The molecule has 0 aromatic carbocycles. The molecule has 1 aliphatic carbocycles. The molecule has 2 atom stereocenters. The SMILES string of the molecule is C=CCn1c(C)nnc1SC(C)c1nc2sc3c(c2c(=O)[nH]1)CCC(C)C3. The summed E-state index contributed by atoms with van der Waals surface area (Å²) in [5.74, 6) is 2.22. The Morgan fingerprint density at radius 1 is 1.48 bits per heavy atom. The standard InChI is InChI=1S/C19H23N5OS2/c1-5-8-24-12(4)22-23-19(24)26-11(3)16-20-17(25)15-13-7-6-10(2)9-14(13)27-18(15)21-16/h5,10-11H,1,6-9H2,2-4H3,(H,20,21,25). The maximum Gasteiger partial charge on any atom is 0.259 e. The number of hydrogen-bond acceptors (Lipinski definition) is 6. The molecule has 27 heavy (non-hydrogen) atoms. The summed E-state index contributed by atoms with van der Waals surface area (Å²) >= 11 is 3.23. The highest BCUT2D eigenvalue weighted by molar-refractivity contribution is 7.99. The molecule has 0 amide bonds. The summed E-state index contributed by atoms with van der Waals surface area (Å²) in [6, 6.07) is 0. The first-order chi connectivity index (χ1) is 13.0. The van der Waals surface area contributed by atoms with Gasteiger partial charge in [-0.15, -0.1) is 28.1 Å². The Kier molecular flexibility index (Phi) is 4.94. The smallest absolute Gasteiger partial charge is 0.259 e. The third kappa shape index (κ3) is 3.36. The Labute approximate surface area is 166 Å². The van der Waals surface area contributed by atoms with E-state index in [0.29, 0.717) is 18.3 Å². The molecular weight excluding hydrogens is 378 g/mol. The van der Waals surface area contributed by atoms with E-state index in [4.69, 9.17) is 4.98 Å². The zero-order chi connectivity index (χ0) is 19.1. The van der Waals surface area contributed by atoms with E-state index in [1.54, 1.807) is 23.1 Å². The normalized spacial score (nSPS) is 17.8. The first kappa shape index (κ1) is 18.4. The number of thioether (sulfide) groups is 1. The highest BCUT2D eigenvalue weighted by Gasteiger charge is 2.24. The van der Waals surface area contributed by atoms with Gasteiger partial charge in [-0.1, -0.05) is 24.8 Å². The quantitative estimate of drug-likeness (QED) is 0.516. The van der Waals surface area contributed by atoms with Gasteiger partial charge in [0.25, 0.3) is 5.56 Å². The van der Waals surface area contributed by atoms with Crippen LogP contribution in [-0.2, 0) is 19.4 Å². The fraction of sp³-hybridized carbons (Fsp3) is 0.474. The lowest BCUT2D eigenvalue weighted by atomic mass is 9.89. The molecule has 0 aliphatic heterocycles. The second-order valence-electron chi connectivity index (χ2n) is 7.17. The highest BCUT2D eigenvalue weighted by Crippen LogP contribution is 2.37. The lowest BCUT2D eigenvalue weighted by molar-refractivity contribution is 0.509. The maximum absolute atomic E-state index is 12.8. The van der Waals surface area contributed by atoms with E-state index in [9.17, 15) is 4.79 Å². The molecule has 2 unspecified atom stereocenters. The minimum Gasteiger partial charge on any atom is -0.309 e. The minimum atomic E-state index is -0.0349. The van der Waals surface area contributed by atoms with Gasteiger partial charge in [-0.05, 0) is 44.6 Å². The minimum absolute atomic E-state index is 0.0155. The summed E-state index contributed by atoms with van der Waals surface area (Å²) in [6.45, 7) is 10.7. The number of hydrogen-bond donors (Lipinski definition) is 1. The fourth-order valence-corrected chi connectivity index (χ4v) is 5.91. The van der Waals surface area contributed by atoms with Crippen molar-refractivity contribution in [3.63, 3.8) is 0 Å². The summed E-state index contributed by atoms with van der Waals surface area (Å²) in [5.41, 5.74) is 1.20.